The molecule has 1 fully saturated rings. The lowest BCUT2D eigenvalue weighted by molar-refractivity contribution is -0.163. The SMILES string of the molecule is C[C@H]1CN(C)CC[C@@H]1OC(=O)C(C)(C)C. The smallest absolute Gasteiger partial charge is 0.311 e. The van der Waals surface area contributed by atoms with Gasteiger partial charge in [-0.1, -0.05) is 6.92 Å². The summed E-state index contributed by atoms with van der Waals surface area (Å²) in [5.41, 5.74) is -0.386. The van der Waals surface area contributed by atoms with Crippen molar-refractivity contribution in [3.8, 4) is 0 Å². The van der Waals surface area contributed by atoms with Gasteiger partial charge in [-0.05, 0) is 34.2 Å². The lowest BCUT2D eigenvalue weighted by atomic mass is 9.94. The quantitative estimate of drug-likeness (QED) is 0.623. The van der Waals surface area contributed by atoms with Crippen molar-refractivity contribution in [3.63, 3.8) is 0 Å². The van der Waals surface area contributed by atoms with Crippen molar-refractivity contribution >= 4 is 5.97 Å². The van der Waals surface area contributed by atoms with E-state index >= 15 is 0 Å². The molecule has 88 valence electrons. The Kier molecular flexibility index (Phi) is 3.77. The Bertz CT molecular complexity index is 232. The van der Waals surface area contributed by atoms with E-state index in [0.717, 1.165) is 19.5 Å². The summed E-state index contributed by atoms with van der Waals surface area (Å²) in [7, 11) is 2.11. The zero-order valence-corrected chi connectivity index (χ0v) is 10.5. The summed E-state index contributed by atoms with van der Waals surface area (Å²) in [6, 6.07) is 0. The first kappa shape index (κ1) is 12.5. The molecule has 0 bridgehead atoms. The maximum Gasteiger partial charge on any atom is 0.311 e. The summed E-state index contributed by atoms with van der Waals surface area (Å²) in [4.78, 5) is 14.0. The summed E-state index contributed by atoms with van der Waals surface area (Å²) < 4.78 is 5.55. The molecule has 1 rings (SSSR count). The second-order valence-electron chi connectivity index (χ2n) is 5.72. The van der Waals surface area contributed by atoms with E-state index in [2.05, 4.69) is 18.9 Å². The number of hydrogen-bond acceptors (Lipinski definition) is 3. The molecular formula is C12H23NO2. The molecule has 1 aliphatic heterocycles. The fourth-order valence-electron chi connectivity index (χ4n) is 1.82. The van der Waals surface area contributed by atoms with Crippen LogP contribution in [0.4, 0.5) is 0 Å². The highest BCUT2D eigenvalue weighted by molar-refractivity contribution is 5.75. The van der Waals surface area contributed by atoms with Crippen LogP contribution < -0.4 is 0 Å². The van der Waals surface area contributed by atoms with Crippen LogP contribution in [-0.4, -0.2) is 37.1 Å². The third-order valence-corrected chi connectivity index (χ3v) is 2.90. The van der Waals surface area contributed by atoms with E-state index in [1.165, 1.54) is 0 Å². The van der Waals surface area contributed by atoms with Gasteiger partial charge in [0.2, 0.25) is 0 Å². The van der Waals surface area contributed by atoms with Gasteiger partial charge in [-0.25, -0.2) is 0 Å². The number of likely N-dealkylation sites (tertiary alicyclic amines) is 1. The standard InChI is InChI=1S/C12H23NO2/c1-9-8-13(5)7-6-10(9)15-11(14)12(2,3)4/h9-10H,6-8H2,1-5H3/t9-,10-/m0/s1. The first-order valence-electron chi connectivity index (χ1n) is 5.70. The molecule has 0 unspecified atom stereocenters. The summed E-state index contributed by atoms with van der Waals surface area (Å²) in [5, 5.41) is 0. The number of ether oxygens (including phenoxy) is 1. The zero-order valence-electron chi connectivity index (χ0n) is 10.5. The maximum atomic E-state index is 11.7. The number of esters is 1. The highest BCUT2D eigenvalue weighted by atomic mass is 16.5. The lowest BCUT2D eigenvalue weighted by Gasteiger charge is -2.35. The molecule has 0 aromatic carbocycles. The van der Waals surface area contributed by atoms with Crippen LogP contribution in [0.5, 0.6) is 0 Å². The predicted molar refractivity (Wildman–Crippen MR) is 60.6 cm³/mol. The molecular weight excluding hydrogens is 190 g/mol. The minimum Gasteiger partial charge on any atom is -0.462 e. The minimum atomic E-state index is -0.386. The molecule has 15 heavy (non-hydrogen) atoms. The third-order valence-electron chi connectivity index (χ3n) is 2.90. The summed E-state index contributed by atoms with van der Waals surface area (Å²) >= 11 is 0. The molecule has 0 N–H and O–H groups in total. The maximum absolute atomic E-state index is 11.7. The first-order chi connectivity index (χ1) is 6.80. The topological polar surface area (TPSA) is 29.5 Å². The van der Waals surface area contributed by atoms with Crippen molar-refractivity contribution < 1.29 is 9.53 Å². The van der Waals surface area contributed by atoms with Crippen LogP contribution in [-0.2, 0) is 9.53 Å². The Labute approximate surface area is 92.8 Å². The molecule has 0 aliphatic carbocycles. The van der Waals surface area contributed by atoms with E-state index in [1.807, 2.05) is 20.8 Å². The Morgan fingerprint density at radius 2 is 2.00 bits per heavy atom. The number of carbonyl (C=O) groups is 1. The average molecular weight is 213 g/mol. The van der Waals surface area contributed by atoms with Gasteiger partial charge in [-0.3, -0.25) is 4.79 Å². The Morgan fingerprint density at radius 1 is 1.40 bits per heavy atom. The zero-order chi connectivity index (χ0) is 11.6. The van der Waals surface area contributed by atoms with Crippen molar-refractivity contribution in [1.29, 1.82) is 0 Å². The normalized spacial score (nSPS) is 28.9. The molecule has 3 nitrogen and oxygen atoms in total. The first-order valence-corrected chi connectivity index (χ1v) is 5.70. The second-order valence-corrected chi connectivity index (χ2v) is 5.72. The summed E-state index contributed by atoms with van der Waals surface area (Å²) in [6.07, 6.45) is 1.06. The molecule has 0 amide bonds. The van der Waals surface area contributed by atoms with E-state index in [1.54, 1.807) is 0 Å². The van der Waals surface area contributed by atoms with Crippen molar-refractivity contribution in [3.05, 3.63) is 0 Å². The van der Waals surface area contributed by atoms with Crippen molar-refractivity contribution in [2.45, 2.75) is 40.2 Å². The minimum absolute atomic E-state index is 0.0797. The van der Waals surface area contributed by atoms with E-state index in [4.69, 9.17) is 4.74 Å². The van der Waals surface area contributed by atoms with Gasteiger partial charge in [0.25, 0.3) is 0 Å². The Morgan fingerprint density at radius 3 is 2.47 bits per heavy atom. The van der Waals surface area contributed by atoms with Crippen LogP contribution in [0.25, 0.3) is 0 Å². The van der Waals surface area contributed by atoms with Gasteiger partial charge in [0.1, 0.15) is 6.10 Å². The van der Waals surface area contributed by atoms with Crippen molar-refractivity contribution in [2.24, 2.45) is 11.3 Å². The number of nitrogens with zero attached hydrogens (tertiary/aromatic N) is 1. The number of rotatable bonds is 1. The van der Waals surface area contributed by atoms with Crippen molar-refractivity contribution in [2.75, 3.05) is 20.1 Å². The molecule has 0 spiro atoms. The molecule has 0 aromatic heterocycles. The number of carbonyl (C=O) groups excluding carboxylic acids is 1. The second kappa shape index (κ2) is 4.52. The van der Waals surface area contributed by atoms with E-state index in [-0.39, 0.29) is 17.5 Å². The van der Waals surface area contributed by atoms with E-state index in [9.17, 15) is 4.79 Å². The molecule has 0 radical (unpaired) electrons. The van der Waals surface area contributed by atoms with Gasteiger partial charge in [-0.2, -0.15) is 0 Å². The van der Waals surface area contributed by atoms with E-state index in [0.29, 0.717) is 5.92 Å². The van der Waals surface area contributed by atoms with Crippen LogP contribution in [0.2, 0.25) is 0 Å². The van der Waals surface area contributed by atoms with Gasteiger partial charge < -0.3 is 9.64 Å². The Hall–Kier alpha value is -0.570. The van der Waals surface area contributed by atoms with Crippen molar-refractivity contribution in [1.82, 2.24) is 4.90 Å². The highest BCUT2D eigenvalue weighted by Crippen LogP contribution is 2.23. The number of hydrogen-bond donors (Lipinski definition) is 0. The van der Waals surface area contributed by atoms with Gasteiger partial charge in [0, 0.05) is 19.0 Å². The van der Waals surface area contributed by atoms with Gasteiger partial charge in [0.15, 0.2) is 0 Å². The fourth-order valence-corrected chi connectivity index (χ4v) is 1.82. The highest BCUT2D eigenvalue weighted by Gasteiger charge is 2.31. The third kappa shape index (κ3) is 3.49. The van der Waals surface area contributed by atoms with Gasteiger partial charge in [0.05, 0.1) is 5.41 Å². The monoisotopic (exact) mass is 213 g/mol. The molecule has 1 saturated heterocycles. The molecule has 1 aliphatic rings. The molecule has 3 heteroatoms. The summed E-state index contributed by atoms with van der Waals surface area (Å²) in [6.45, 7) is 9.88. The molecule has 0 aromatic rings. The number of piperidine rings is 1. The lowest BCUT2D eigenvalue weighted by Crippen LogP contribution is -2.43. The van der Waals surface area contributed by atoms with E-state index < -0.39 is 0 Å². The fraction of sp³-hybridized carbons (Fsp3) is 0.917. The van der Waals surface area contributed by atoms with Gasteiger partial charge in [-0.15, -0.1) is 0 Å². The van der Waals surface area contributed by atoms with Crippen LogP contribution in [0.3, 0.4) is 0 Å². The van der Waals surface area contributed by atoms with Crippen LogP contribution in [0.1, 0.15) is 34.1 Å². The molecule has 0 saturated carbocycles. The molecule has 1 heterocycles. The summed E-state index contributed by atoms with van der Waals surface area (Å²) in [5.74, 6) is 0.360. The molecule has 2 atom stereocenters. The van der Waals surface area contributed by atoms with Crippen LogP contribution >= 0.6 is 0 Å². The Balaban J connectivity index is 2.49. The predicted octanol–water partition coefficient (Wildman–Crippen LogP) is 1.92. The largest absolute Gasteiger partial charge is 0.462 e. The average Bonchev–Trinajstić information content (AvgIpc) is 2.08. The van der Waals surface area contributed by atoms with Crippen LogP contribution in [0.15, 0.2) is 0 Å². The van der Waals surface area contributed by atoms with Crippen LogP contribution in [0, 0.1) is 11.3 Å². The van der Waals surface area contributed by atoms with Gasteiger partial charge >= 0.3 is 5.97 Å².